The average molecular weight is 255 g/mol. The molecule has 1 aromatic carbocycles. The first-order valence-electron chi connectivity index (χ1n) is 5.42. The predicted octanol–water partition coefficient (Wildman–Crippen LogP) is 4.43. The summed E-state index contributed by atoms with van der Waals surface area (Å²) in [4.78, 5) is 0.616. The Morgan fingerprint density at radius 3 is 2.43 bits per heavy atom. The number of alkyl halides is 1. The van der Waals surface area contributed by atoms with Gasteiger partial charge in [-0.1, -0.05) is 66.5 Å². The number of halogens is 1. The molecule has 2 atom stereocenters. The second-order valence-electron chi connectivity index (χ2n) is 3.97. The molecule has 1 heteroatoms. The van der Waals surface area contributed by atoms with Gasteiger partial charge in [-0.05, 0) is 24.3 Å². The van der Waals surface area contributed by atoms with Crippen molar-refractivity contribution in [3.63, 3.8) is 0 Å². The van der Waals surface area contributed by atoms with Crippen LogP contribution in [0.5, 0.6) is 0 Å². The molecule has 0 aliphatic heterocycles. The van der Waals surface area contributed by atoms with Gasteiger partial charge in [0, 0.05) is 4.83 Å². The maximum atomic E-state index is 3.78. The van der Waals surface area contributed by atoms with Crippen molar-refractivity contribution >= 4 is 15.9 Å². The summed E-state index contributed by atoms with van der Waals surface area (Å²) in [5.74, 6) is 0.764. The minimum Gasteiger partial charge on any atom is -0.0884 e. The minimum absolute atomic E-state index is 0.616. The van der Waals surface area contributed by atoms with Gasteiger partial charge >= 0.3 is 0 Å². The summed E-state index contributed by atoms with van der Waals surface area (Å²) in [6.45, 7) is 4.57. The van der Waals surface area contributed by atoms with Crippen LogP contribution < -0.4 is 0 Å². The van der Waals surface area contributed by atoms with Crippen LogP contribution >= 0.6 is 15.9 Å². The number of hydrogen-bond acceptors (Lipinski definition) is 0. The van der Waals surface area contributed by atoms with Gasteiger partial charge in [-0.2, -0.15) is 0 Å². The topological polar surface area (TPSA) is 0 Å². The summed E-state index contributed by atoms with van der Waals surface area (Å²) >= 11 is 3.78. The molecular formula is C13H19Br. The van der Waals surface area contributed by atoms with Gasteiger partial charge < -0.3 is 0 Å². The van der Waals surface area contributed by atoms with Gasteiger partial charge in [-0.3, -0.25) is 0 Å². The number of rotatable bonds is 5. The van der Waals surface area contributed by atoms with E-state index in [2.05, 4.69) is 60.1 Å². The molecule has 2 unspecified atom stereocenters. The van der Waals surface area contributed by atoms with E-state index in [4.69, 9.17) is 0 Å². The van der Waals surface area contributed by atoms with Crippen LogP contribution in [0.15, 0.2) is 30.3 Å². The van der Waals surface area contributed by atoms with Crippen LogP contribution in [0.1, 0.15) is 32.3 Å². The highest BCUT2D eigenvalue weighted by molar-refractivity contribution is 9.09. The lowest BCUT2D eigenvalue weighted by Crippen LogP contribution is -2.13. The molecule has 0 aromatic heterocycles. The third kappa shape index (κ3) is 3.83. The fourth-order valence-electron chi connectivity index (χ4n) is 1.68. The summed E-state index contributed by atoms with van der Waals surface area (Å²) < 4.78 is 0. The molecule has 0 saturated heterocycles. The summed E-state index contributed by atoms with van der Waals surface area (Å²) in [7, 11) is 0. The minimum atomic E-state index is 0.616. The Balaban J connectivity index is 2.44. The summed E-state index contributed by atoms with van der Waals surface area (Å²) in [5.41, 5.74) is 1.43. The van der Waals surface area contributed by atoms with E-state index in [-0.39, 0.29) is 0 Å². The van der Waals surface area contributed by atoms with Crippen LogP contribution in [0.25, 0.3) is 0 Å². The van der Waals surface area contributed by atoms with Crippen molar-refractivity contribution in [2.45, 2.75) is 37.9 Å². The van der Waals surface area contributed by atoms with Gasteiger partial charge in [0.05, 0.1) is 0 Å². The van der Waals surface area contributed by atoms with Crippen LogP contribution in [0.4, 0.5) is 0 Å². The van der Waals surface area contributed by atoms with E-state index in [1.54, 1.807) is 0 Å². The van der Waals surface area contributed by atoms with E-state index >= 15 is 0 Å². The molecule has 78 valence electrons. The molecule has 0 bridgehead atoms. The Bertz CT molecular complexity index is 243. The largest absolute Gasteiger partial charge is 0.0884 e. The van der Waals surface area contributed by atoms with Crippen LogP contribution in [0, 0.1) is 5.92 Å². The third-order valence-electron chi connectivity index (χ3n) is 2.63. The SMILES string of the molecule is CCCC(C)C(Br)Cc1ccccc1. The number of hydrogen-bond donors (Lipinski definition) is 0. The van der Waals surface area contributed by atoms with Crippen molar-refractivity contribution in [1.82, 2.24) is 0 Å². The lowest BCUT2D eigenvalue weighted by Gasteiger charge is -2.17. The highest BCUT2D eigenvalue weighted by Crippen LogP contribution is 2.21. The molecule has 0 heterocycles. The van der Waals surface area contributed by atoms with E-state index in [0.717, 1.165) is 12.3 Å². The Labute approximate surface area is 95.9 Å². The zero-order valence-electron chi connectivity index (χ0n) is 9.04. The van der Waals surface area contributed by atoms with Gasteiger partial charge in [0.25, 0.3) is 0 Å². The van der Waals surface area contributed by atoms with Crippen molar-refractivity contribution in [3.05, 3.63) is 35.9 Å². The molecule has 0 aliphatic rings. The maximum absolute atomic E-state index is 3.78. The first kappa shape index (κ1) is 11.8. The van der Waals surface area contributed by atoms with Crippen molar-refractivity contribution in [3.8, 4) is 0 Å². The molecular weight excluding hydrogens is 236 g/mol. The first-order chi connectivity index (χ1) is 6.74. The lowest BCUT2D eigenvalue weighted by atomic mass is 9.97. The quantitative estimate of drug-likeness (QED) is 0.683. The third-order valence-corrected chi connectivity index (χ3v) is 3.86. The van der Waals surface area contributed by atoms with E-state index in [9.17, 15) is 0 Å². The fraction of sp³-hybridized carbons (Fsp3) is 0.538. The molecule has 0 N–H and O–H groups in total. The normalized spacial score (nSPS) is 15.1. The standard InChI is InChI=1S/C13H19Br/c1-3-7-11(2)13(14)10-12-8-5-4-6-9-12/h4-6,8-9,11,13H,3,7,10H2,1-2H3. The summed E-state index contributed by atoms with van der Waals surface area (Å²) in [6.07, 6.45) is 3.73. The van der Waals surface area contributed by atoms with E-state index in [1.807, 2.05) is 0 Å². The molecule has 0 fully saturated rings. The first-order valence-corrected chi connectivity index (χ1v) is 6.33. The van der Waals surface area contributed by atoms with Gasteiger partial charge in [0.15, 0.2) is 0 Å². The molecule has 0 radical (unpaired) electrons. The Morgan fingerprint density at radius 2 is 1.86 bits per heavy atom. The fourth-order valence-corrected chi connectivity index (χ4v) is 2.31. The van der Waals surface area contributed by atoms with Crippen LogP contribution in [-0.4, -0.2) is 4.83 Å². The molecule has 0 saturated carbocycles. The number of benzene rings is 1. The maximum Gasteiger partial charge on any atom is 0.0211 e. The molecule has 1 rings (SSSR count). The van der Waals surface area contributed by atoms with E-state index in [0.29, 0.717) is 4.83 Å². The Hall–Kier alpha value is -0.300. The summed E-state index contributed by atoms with van der Waals surface area (Å²) in [6, 6.07) is 10.7. The van der Waals surface area contributed by atoms with Gasteiger partial charge in [-0.15, -0.1) is 0 Å². The molecule has 0 spiro atoms. The predicted molar refractivity (Wildman–Crippen MR) is 66.9 cm³/mol. The van der Waals surface area contributed by atoms with Crippen LogP contribution in [-0.2, 0) is 6.42 Å². The highest BCUT2D eigenvalue weighted by atomic mass is 79.9. The monoisotopic (exact) mass is 254 g/mol. The van der Waals surface area contributed by atoms with Gasteiger partial charge in [0.1, 0.15) is 0 Å². The Kier molecular flexibility index (Phi) is 5.24. The molecule has 0 amide bonds. The smallest absolute Gasteiger partial charge is 0.0211 e. The summed E-state index contributed by atoms with van der Waals surface area (Å²) in [5, 5.41) is 0. The zero-order valence-corrected chi connectivity index (χ0v) is 10.6. The van der Waals surface area contributed by atoms with Gasteiger partial charge in [-0.25, -0.2) is 0 Å². The van der Waals surface area contributed by atoms with E-state index in [1.165, 1.54) is 18.4 Å². The Morgan fingerprint density at radius 1 is 1.21 bits per heavy atom. The van der Waals surface area contributed by atoms with Crippen molar-refractivity contribution in [2.24, 2.45) is 5.92 Å². The second-order valence-corrected chi connectivity index (χ2v) is 5.15. The van der Waals surface area contributed by atoms with Crippen molar-refractivity contribution < 1.29 is 0 Å². The zero-order chi connectivity index (χ0) is 10.4. The second kappa shape index (κ2) is 6.23. The molecule has 0 aliphatic carbocycles. The average Bonchev–Trinajstić information content (AvgIpc) is 2.19. The highest BCUT2D eigenvalue weighted by Gasteiger charge is 2.13. The van der Waals surface area contributed by atoms with Gasteiger partial charge in [0.2, 0.25) is 0 Å². The molecule has 0 nitrogen and oxygen atoms in total. The van der Waals surface area contributed by atoms with Crippen molar-refractivity contribution in [1.29, 1.82) is 0 Å². The molecule has 14 heavy (non-hydrogen) atoms. The van der Waals surface area contributed by atoms with E-state index < -0.39 is 0 Å². The van der Waals surface area contributed by atoms with Crippen LogP contribution in [0.2, 0.25) is 0 Å². The van der Waals surface area contributed by atoms with Crippen molar-refractivity contribution in [2.75, 3.05) is 0 Å². The lowest BCUT2D eigenvalue weighted by molar-refractivity contribution is 0.505. The molecule has 1 aromatic rings. The van der Waals surface area contributed by atoms with Crippen LogP contribution in [0.3, 0.4) is 0 Å².